The second-order valence-corrected chi connectivity index (χ2v) is 6.01. The first-order valence-corrected chi connectivity index (χ1v) is 8.49. The molecule has 1 saturated heterocycles. The Balaban J connectivity index is 0.000000409. The zero-order valence-electron chi connectivity index (χ0n) is 15.0. The number of pyridine rings is 1. The molecule has 2 N–H and O–H groups in total. The van der Waals surface area contributed by atoms with Crippen molar-refractivity contribution in [1.82, 2.24) is 14.8 Å². The largest absolute Gasteiger partial charge is 0.473 e. The third-order valence-electron chi connectivity index (χ3n) is 4.10. The lowest BCUT2D eigenvalue weighted by Crippen LogP contribution is -2.48. The summed E-state index contributed by atoms with van der Waals surface area (Å²) in [6.07, 6.45) is 3.25. The molecule has 1 aliphatic heterocycles. The van der Waals surface area contributed by atoms with Gasteiger partial charge in [0.15, 0.2) is 0 Å². The van der Waals surface area contributed by atoms with Gasteiger partial charge in [-0.25, -0.2) is 14.0 Å². The van der Waals surface area contributed by atoms with Gasteiger partial charge in [0.05, 0.1) is 5.56 Å². The lowest BCUT2D eigenvalue weighted by atomic mass is 10.1. The summed E-state index contributed by atoms with van der Waals surface area (Å²) < 4.78 is 13.7. The zero-order chi connectivity index (χ0) is 20.5. The molecular formula is C19H20FN3O5. The molecule has 2 heterocycles. The normalized spacial score (nSPS) is 14.0. The number of carbonyl (C=O) groups is 3. The number of carbonyl (C=O) groups excluding carboxylic acids is 1. The van der Waals surface area contributed by atoms with Crippen molar-refractivity contribution in [2.45, 2.75) is 6.54 Å². The molecule has 1 aromatic heterocycles. The van der Waals surface area contributed by atoms with Gasteiger partial charge in [-0.3, -0.25) is 14.7 Å². The average molecular weight is 389 g/mol. The van der Waals surface area contributed by atoms with Crippen molar-refractivity contribution in [2.75, 3.05) is 26.2 Å². The summed E-state index contributed by atoms with van der Waals surface area (Å²) >= 11 is 0. The summed E-state index contributed by atoms with van der Waals surface area (Å²) in [7, 11) is 0. The maximum atomic E-state index is 13.7. The topological polar surface area (TPSA) is 111 Å². The van der Waals surface area contributed by atoms with Crippen LogP contribution in [0.5, 0.6) is 0 Å². The van der Waals surface area contributed by atoms with Crippen LogP contribution in [0, 0.1) is 5.82 Å². The third-order valence-corrected chi connectivity index (χ3v) is 4.10. The smallest absolute Gasteiger partial charge is 0.414 e. The minimum absolute atomic E-state index is 0.0126. The molecule has 0 radical (unpaired) electrons. The van der Waals surface area contributed by atoms with Crippen molar-refractivity contribution in [3.63, 3.8) is 0 Å². The first kappa shape index (κ1) is 21.0. The number of aromatic nitrogens is 1. The van der Waals surface area contributed by atoms with Crippen molar-refractivity contribution < 1.29 is 29.0 Å². The average Bonchev–Trinajstić information content (AvgIpc) is 2.71. The number of aliphatic carboxylic acids is 2. The lowest BCUT2D eigenvalue weighted by molar-refractivity contribution is -0.159. The first-order valence-electron chi connectivity index (χ1n) is 8.49. The van der Waals surface area contributed by atoms with Crippen LogP contribution in [0.25, 0.3) is 0 Å². The van der Waals surface area contributed by atoms with Crippen molar-refractivity contribution in [2.24, 2.45) is 0 Å². The van der Waals surface area contributed by atoms with Gasteiger partial charge >= 0.3 is 11.9 Å². The Morgan fingerprint density at radius 1 is 0.964 bits per heavy atom. The molecule has 1 aromatic carbocycles. The van der Waals surface area contributed by atoms with E-state index in [1.165, 1.54) is 6.07 Å². The summed E-state index contributed by atoms with van der Waals surface area (Å²) in [5.74, 6) is -3.81. The van der Waals surface area contributed by atoms with E-state index in [1.54, 1.807) is 30.6 Å². The molecule has 0 bridgehead atoms. The molecule has 2 aromatic rings. The molecule has 1 fully saturated rings. The van der Waals surface area contributed by atoms with E-state index in [9.17, 15) is 9.18 Å². The Kier molecular flexibility index (Phi) is 7.58. The van der Waals surface area contributed by atoms with Gasteiger partial charge in [0, 0.05) is 50.7 Å². The number of carboxylic acids is 2. The van der Waals surface area contributed by atoms with Gasteiger partial charge < -0.3 is 15.1 Å². The maximum absolute atomic E-state index is 13.7. The first-order chi connectivity index (χ1) is 13.4. The van der Waals surface area contributed by atoms with Crippen molar-refractivity contribution in [3.8, 4) is 0 Å². The number of hydrogen-bond acceptors (Lipinski definition) is 5. The highest BCUT2D eigenvalue weighted by Crippen LogP contribution is 2.13. The van der Waals surface area contributed by atoms with Gasteiger partial charge in [-0.05, 0) is 18.2 Å². The number of piperazine rings is 1. The summed E-state index contributed by atoms with van der Waals surface area (Å²) in [6.45, 7) is 3.40. The van der Waals surface area contributed by atoms with E-state index >= 15 is 0 Å². The highest BCUT2D eigenvalue weighted by Gasteiger charge is 2.22. The van der Waals surface area contributed by atoms with E-state index in [1.807, 2.05) is 17.0 Å². The van der Waals surface area contributed by atoms with Crippen LogP contribution in [0.1, 0.15) is 15.9 Å². The fourth-order valence-electron chi connectivity index (χ4n) is 2.65. The molecule has 1 amide bonds. The number of carboxylic acid groups (broad SMARTS) is 2. The second-order valence-electron chi connectivity index (χ2n) is 6.01. The number of amides is 1. The van der Waals surface area contributed by atoms with Gasteiger partial charge in [-0.1, -0.05) is 18.2 Å². The minimum Gasteiger partial charge on any atom is -0.473 e. The number of hydrogen-bond donors (Lipinski definition) is 2. The number of halogens is 1. The van der Waals surface area contributed by atoms with Crippen LogP contribution in [0.2, 0.25) is 0 Å². The van der Waals surface area contributed by atoms with E-state index in [0.717, 1.165) is 13.1 Å². The predicted molar refractivity (Wildman–Crippen MR) is 97.1 cm³/mol. The highest BCUT2D eigenvalue weighted by atomic mass is 19.1. The summed E-state index contributed by atoms with van der Waals surface area (Å²) in [4.78, 5) is 38.5. The highest BCUT2D eigenvalue weighted by molar-refractivity contribution is 6.27. The van der Waals surface area contributed by atoms with Crippen LogP contribution in [0.3, 0.4) is 0 Å². The van der Waals surface area contributed by atoms with Crippen LogP contribution < -0.4 is 0 Å². The molecule has 148 valence electrons. The molecule has 28 heavy (non-hydrogen) atoms. The van der Waals surface area contributed by atoms with Crippen LogP contribution in [-0.4, -0.2) is 69.0 Å². The molecule has 3 rings (SSSR count). The second kappa shape index (κ2) is 10.1. The van der Waals surface area contributed by atoms with Crippen LogP contribution in [0.4, 0.5) is 4.39 Å². The Hall–Kier alpha value is -3.33. The van der Waals surface area contributed by atoms with Crippen LogP contribution >= 0.6 is 0 Å². The minimum atomic E-state index is -1.82. The van der Waals surface area contributed by atoms with E-state index in [4.69, 9.17) is 19.8 Å². The van der Waals surface area contributed by atoms with Gasteiger partial charge in [0.25, 0.3) is 5.91 Å². The summed E-state index contributed by atoms with van der Waals surface area (Å²) in [5.41, 5.74) is 1.32. The lowest BCUT2D eigenvalue weighted by Gasteiger charge is -2.34. The Morgan fingerprint density at radius 2 is 1.61 bits per heavy atom. The molecule has 8 nitrogen and oxygen atoms in total. The number of benzene rings is 1. The quantitative estimate of drug-likeness (QED) is 0.762. The van der Waals surface area contributed by atoms with Crippen LogP contribution in [-0.2, 0) is 16.1 Å². The standard InChI is InChI=1S/C17H18FN3O.C2H2O4/c18-16-6-2-1-4-15(16)13-20-8-10-21(11-9-20)17(22)14-5-3-7-19-12-14;3-1(4)2(5)6/h1-7,12H,8-11,13H2;(H,3,4)(H,5,6). The predicted octanol–water partition coefficient (Wildman–Crippen LogP) is 1.33. The number of nitrogens with zero attached hydrogens (tertiary/aromatic N) is 3. The van der Waals surface area contributed by atoms with Gasteiger partial charge in [-0.15, -0.1) is 0 Å². The molecule has 0 saturated carbocycles. The summed E-state index contributed by atoms with van der Waals surface area (Å²) in [6, 6.07) is 10.4. The SMILES string of the molecule is O=C(O)C(=O)O.O=C(c1cccnc1)N1CCN(Cc2ccccc2F)CC1. The van der Waals surface area contributed by atoms with E-state index < -0.39 is 11.9 Å². The molecule has 0 spiro atoms. The summed E-state index contributed by atoms with van der Waals surface area (Å²) in [5, 5.41) is 14.8. The monoisotopic (exact) mass is 389 g/mol. The van der Waals surface area contributed by atoms with Crippen molar-refractivity contribution in [3.05, 3.63) is 65.7 Å². The van der Waals surface area contributed by atoms with Gasteiger partial charge in [-0.2, -0.15) is 0 Å². The third kappa shape index (κ3) is 6.13. The molecule has 0 unspecified atom stereocenters. The zero-order valence-corrected chi connectivity index (χ0v) is 15.0. The fraction of sp³-hybridized carbons (Fsp3) is 0.263. The molecule has 0 aliphatic carbocycles. The molecular weight excluding hydrogens is 369 g/mol. The van der Waals surface area contributed by atoms with E-state index in [2.05, 4.69) is 9.88 Å². The molecule has 0 atom stereocenters. The van der Waals surface area contributed by atoms with E-state index in [-0.39, 0.29) is 11.7 Å². The van der Waals surface area contributed by atoms with E-state index in [0.29, 0.717) is 30.8 Å². The van der Waals surface area contributed by atoms with Gasteiger partial charge in [0.1, 0.15) is 5.82 Å². The Bertz CT molecular complexity index is 811. The van der Waals surface area contributed by atoms with Gasteiger partial charge in [0.2, 0.25) is 0 Å². The van der Waals surface area contributed by atoms with Crippen LogP contribution in [0.15, 0.2) is 48.8 Å². The molecule has 9 heteroatoms. The Morgan fingerprint density at radius 3 is 2.14 bits per heavy atom. The van der Waals surface area contributed by atoms with Crippen molar-refractivity contribution in [1.29, 1.82) is 0 Å². The fourth-order valence-corrected chi connectivity index (χ4v) is 2.65. The number of rotatable bonds is 3. The Labute approximate surface area is 160 Å². The molecule has 1 aliphatic rings. The maximum Gasteiger partial charge on any atom is 0.414 e. The van der Waals surface area contributed by atoms with Crippen molar-refractivity contribution >= 4 is 17.8 Å².